The van der Waals surface area contributed by atoms with Crippen molar-refractivity contribution in [2.45, 2.75) is 34.2 Å². The summed E-state index contributed by atoms with van der Waals surface area (Å²) in [5.74, 6) is -0.211. The minimum Gasteiger partial charge on any atom is -0.492 e. The third kappa shape index (κ3) is 5.67. The summed E-state index contributed by atoms with van der Waals surface area (Å²) >= 11 is 0. The first kappa shape index (κ1) is 22.9. The first-order chi connectivity index (χ1) is 15.2. The molecule has 166 valence electrons. The number of hydrogen-bond acceptors (Lipinski definition) is 5. The largest absolute Gasteiger partial charge is 0.492 e. The van der Waals surface area contributed by atoms with Crippen molar-refractivity contribution in [3.05, 3.63) is 59.8 Å². The molecule has 1 heterocycles. The average molecular weight is 434 g/mol. The van der Waals surface area contributed by atoms with Crippen molar-refractivity contribution in [2.75, 3.05) is 18.5 Å². The molecule has 0 radical (unpaired) electrons. The first-order valence-electron chi connectivity index (χ1n) is 10.4. The zero-order valence-electron chi connectivity index (χ0n) is 18.8. The molecule has 0 spiro atoms. The normalized spacial score (nSPS) is 11.1. The van der Waals surface area contributed by atoms with Crippen molar-refractivity contribution in [1.82, 2.24) is 4.57 Å². The number of nitrogens with zero attached hydrogens (tertiary/aromatic N) is 2. The third-order valence-electron chi connectivity index (χ3n) is 4.68. The van der Waals surface area contributed by atoms with E-state index in [2.05, 4.69) is 11.4 Å². The Morgan fingerprint density at radius 2 is 1.88 bits per heavy atom. The van der Waals surface area contributed by atoms with Crippen LogP contribution in [0.4, 0.5) is 5.69 Å². The Kier molecular flexibility index (Phi) is 6.84. The number of benzene rings is 2. The molecule has 1 aromatic heterocycles. The van der Waals surface area contributed by atoms with Gasteiger partial charge in [-0.1, -0.05) is 39.0 Å². The smallest absolute Gasteiger partial charge is 0.302 e. The molecule has 1 N–H and O–H groups in total. The molecule has 0 aliphatic rings. The van der Waals surface area contributed by atoms with Crippen LogP contribution in [0, 0.1) is 16.7 Å². The van der Waals surface area contributed by atoms with Crippen LogP contribution >= 0.6 is 0 Å². The summed E-state index contributed by atoms with van der Waals surface area (Å²) in [5, 5.41) is 13.3. The lowest BCUT2D eigenvalue weighted by atomic mass is 9.98. The number of para-hydroxylation sites is 1. The van der Waals surface area contributed by atoms with Gasteiger partial charge in [-0.05, 0) is 35.7 Å². The number of amides is 1. The van der Waals surface area contributed by atoms with Crippen molar-refractivity contribution in [1.29, 1.82) is 5.26 Å². The second-order valence-corrected chi connectivity index (χ2v) is 8.71. The van der Waals surface area contributed by atoms with E-state index in [9.17, 15) is 14.9 Å². The zero-order chi connectivity index (χ0) is 23.3. The van der Waals surface area contributed by atoms with Gasteiger partial charge in [-0.25, -0.2) is 0 Å². The van der Waals surface area contributed by atoms with E-state index < -0.39 is 0 Å². The highest BCUT2D eigenvalue weighted by atomic mass is 16.5. The van der Waals surface area contributed by atoms with Crippen LogP contribution in [-0.2, 0) is 16.1 Å². The lowest BCUT2D eigenvalue weighted by Crippen LogP contribution is -2.19. The number of rotatable bonds is 7. The summed E-state index contributed by atoms with van der Waals surface area (Å²) in [6, 6.07) is 16.5. The van der Waals surface area contributed by atoms with E-state index in [1.54, 1.807) is 24.3 Å². The monoisotopic (exact) mass is 433 g/mol. The second kappa shape index (κ2) is 9.56. The molecule has 32 heavy (non-hydrogen) atoms. The van der Waals surface area contributed by atoms with Crippen LogP contribution in [0.15, 0.2) is 48.5 Å². The number of fused-ring (bicyclic) bond motifs is 1. The highest BCUT2D eigenvalue weighted by Crippen LogP contribution is 2.26. The van der Waals surface area contributed by atoms with Crippen LogP contribution in [0.25, 0.3) is 10.9 Å². The van der Waals surface area contributed by atoms with Gasteiger partial charge in [0, 0.05) is 23.5 Å². The topological polar surface area (TPSA) is 93.3 Å². The van der Waals surface area contributed by atoms with Crippen molar-refractivity contribution >= 4 is 28.5 Å². The lowest BCUT2D eigenvalue weighted by Gasteiger charge is -2.19. The van der Waals surface area contributed by atoms with Crippen LogP contribution in [-0.4, -0.2) is 29.7 Å². The molecular weight excluding hydrogens is 406 g/mol. The highest BCUT2D eigenvalue weighted by Gasteiger charge is 2.17. The van der Waals surface area contributed by atoms with E-state index >= 15 is 0 Å². The standard InChI is InChI=1S/C25H27N3O4/c1-17(29)31-12-11-28-21-8-6-5-7-18(21)14-22(28)24(30)27-20-9-10-23(19(13-20)15-26)32-16-25(2,3)4/h5-10,13-14H,11-12,16H2,1-4H3,(H,27,30). The summed E-state index contributed by atoms with van der Waals surface area (Å²) in [6.45, 7) is 8.47. The van der Waals surface area contributed by atoms with Crippen LogP contribution in [0.2, 0.25) is 0 Å². The van der Waals surface area contributed by atoms with Crippen molar-refractivity contribution < 1.29 is 19.1 Å². The van der Waals surface area contributed by atoms with Crippen LogP contribution < -0.4 is 10.1 Å². The van der Waals surface area contributed by atoms with Gasteiger partial charge in [-0.3, -0.25) is 9.59 Å². The van der Waals surface area contributed by atoms with Gasteiger partial charge in [0.15, 0.2) is 0 Å². The molecule has 0 aliphatic carbocycles. The fourth-order valence-corrected chi connectivity index (χ4v) is 3.23. The molecule has 2 aromatic carbocycles. The maximum atomic E-state index is 13.1. The fourth-order valence-electron chi connectivity index (χ4n) is 3.23. The molecular formula is C25H27N3O4. The number of nitrogens with one attached hydrogen (secondary N) is 1. The highest BCUT2D eigenvalue weighted by molar-refractivity contribution is 6.06. The number of ether oxygens (including phenoxy) is 2. The second-order valence-electron chi connectivity index (χ2n) is 8.71. The maximum Gasteiger partial charge on any atom is 0.302 e. The molecule has 3 aromatic rings. The Balaban J connectivity index is 1.83. The first-order valence-corrected chi connectivity index (χ1v) is 10.4. The quantitative estimate of drug-likeness (QED) is 0.543. The molecule has 0 unspecified atom stereocenters. The predicted octanol–water partition coefficient (Wildman–Crippen LogP) is 4.75. The summed E-state index contributed by atoms with van der Waals surface area (Å²) < 4.78 is 12.7. The van der Waals surface area contributed by atoms with Gasteiger partial charge in [-0.15, -0.1) is 0 Å². The summed E-state index contributed by atoms with van der Waals surface area (Å²) in [7, 11) is 0. The van der Waals surface area contributed by atoms with Gasteiger partial charge in [0.1, 0.15) is 24.1 Å². The van der Waals surface area contributed by atoms with Gasteiger partial charge in [-0.2, -0.15) is 5.26 Å². The van der Waals surface area contributed by atoms with E-state index in [1.165, 1.54) is 6.92 Å². The third-order valence-corrected chi connectivity index (χ3v) is 4.68. The minimum absolute atomic E-state index is 0.0425. The van der Waals surface area contributed by atoms with E-state index in [-0.39, 0.29) is 23.9 Å². The number of anilines is 1. The molecule has 0 aliphatic heterocycles. The van der Waals surface area contributed by atoms with Crippen LogP contribution in [0.3, 0.4) is 0 Å². The summed E-state index contributed by atoms with van der Waals surface area (Å²) in [6.07, 6.45) is 0. The molecule has 0 fully saturated rings. The molecule has 7 heteroatoms. The zero-order valence-corrected chi connectivity index (χ0v) is 18.8. The van der Waals surface area contributed by atoms with E-state index in [4.69, 9.17) is 9.47 Å². The van der Waals surface area contributed by atoms with Gasteiger partial charge >= 0.3 is 5.97 Å². The fraction of sp³-hybridized carbons (Fsp3) is 0.320. The molecule has 1 amide bonds. The summed E-state index contributed by atoms with van der Waals surface area (Å²) in [4.78, 5) is 24.2. The number of esters is 1. The number of nitriles is 1. The lowest BCUT2D eigenvalue weighted by molar-refractivity contribution is -0.141. The minimum atomic E-state index is -0.370. The van der Waals surface area contributed by atoms with Gasteiger partial charge in [0.25, 0.3) is 5.91 Å². The molecule has 0 saturated carbocycles. The van der Waals surface area contributed by atoms with Crippen molar-refractivity contribution in [3.63, 3.8) is 0 Å². The number of hydrogen-bond donors (Lipinski definition) is 1. The maximum absolute atomic E-state index is 13.1. The van der Waals surface area contributed by atoms with E-state index in [1.807, 2.05) is 49.6 Å². The predicted molar refractivity (Wildman–Crippen MR) is 123 cm³/mol. The van der Waals surface area contributed by atoms with Crippen molar-refractivity contribution in [2.24, 2.45) is 5.41 Å². The summed E-state index contributed by atoms with van der Waals surface area (Å²) in [5.41, 5.74) is 2.10. The van der Waals surface area contributed by atoms with Gasteiger partial charge in [0.05, 0.1) is 18.7 Å². The molecule has 3 rings (SSSR count). The van der Waals surface area contributed by atoms with Gasteiger partial charge < -0.3 is 19.4 Å². The Bertz CT molecular complexity index is 1180. The SMILES string of the molecule is CC(=O)OCCn1c(C(=O)Nc2ccc(OCC(C)(C)C)c(C#N)c2)cc2ccccc21. The Labute approximate surface area is 187 Å². The average Bonchev–Trinajstić information content (AvgIpc) is 3.10. The number of aromatic nitrogens is 1. The van der Waals surface area contributed by atoms with E-state index in [0.717, 1.165) is 10.9 Å². The molecule has 0 atom stereocenters. The molecule has 7 nitrogen and oxygen atoms in total. The van der Waals surface area contributed by atoms with Crippen LogP contribution in [0.5, 0.6) is 5.75 Å². The van der Waals surface area contributed by atoms with Crippen molar-refractivity contribution in [3.8, 4) is 11.8 Å². The van der Waals surface area contributed by atoms with Crippen LogP contribution in [0.1, 0.15) is 43.7 Å². The Morgan fingerprint density at radius 3 is 2.56 bits per heavy atom. The number of carbonyl (C=O) groups excluding carboxylic acids is 2. The molecule has 0 saturated heterocycles. The van der Waals surface area contributed by atoms with Gasteiger partial charge in [0.2, 0.25) is 0 Å². The molecule has 0 bridgehead atoms. The Morgan fingerprint density at radius 1 is 1.12 bits per heavy atom. The Hall–Kier alpha value is -3.79. The van der Waals surface area contributed by atoms with E-state index in [0.29, 0.717) is 35.8 Å². The number of carbonyl (C=O) groups is 2.